The van der Waals surface area contributed by atoms with Gasteiger partial charge in [0.05, 0.1) is 25.7 Å². The first kappa shape index (κ1) is 12.3. The van der Waals surface area contributed by atoms with Crippen molar-refractivity contribution in [1.29, 1.82) is 0 Å². The summed E-state index contributed by atoms with van der Waals surface area (Å²) in [6.07, 6.45) is 5.07. The van der Waals surface area contributed by atoms with E-state index in [-0.39, 0.29) is 0 Å². The van der Waals surface area contributed by atoms with Gasteiger partial charge in [-0.15, -0.1) is 0 Å². The summed E-state index contributed by atoms with van der Waals surface area (Å²) < 4.78 is 5.12. The average molecular weight is 247 g/mol. The van der Waals surface area contributed by atoms with E-state index in [2.05, 4.69) is 38.7 Å². The highest BCUT2D eigenvalue weighted by molar-refractivity contribution is 5.42. The molecule has 0 aliphatic carbocycles. The number of aromatic nitrogens is 4. The lowest BCUT2D eigenvalue weighted by Gasteiger charge is -2.27. The highest BCUT2D eigenvalue weighted by Gasteiger charge is 2.14. The molecule has 0 radical (unpaired) electrons. The van der Waals surface area contributed by atoms with Gasteiger partial charge in [-0.3, -0.25) is 0 Å². The molecule has 2 aromatic heterocycles. The third-order valence-electron chi connectivity index (χ3n) is 2.64. The molecule has 1 N–H and O–H groups in total. The van der Waals surface area contributed by atoms with Crippen molar-refractivity contribution >= 4 is 5.82 Å². The number of hydrogen-bond acceptors (Lipinski definition) is 5. The lowest BCUT2D eigenvalue weighted by molar-refractivity contribution is 0.396. The molecule has 0 bridgehead atoms. The van der Waals surface area contributed by atoms with E-state index < -0.39 is 0 Å². The minimum Gasteiger partial charge on any atom is -0.481 e. The Hall–Kier alpha value is -2.11. The maximum atomic E-state index is 5.12. The second-order valence-corrected chi connectivity index (χ2v) is 4.20. The third-order valence-corrected chi connectivity index (χ3v) is 2.64. The van der Waals surface area contributed by atoms with E-state index in [9.17, 15) is 0 Å². The van der Waals surface area contributed by atoms with Gasteiger partial charge < -0.3 is 14.6 Å². The Morgan fingerprint density at radius 1 is 1.33 bits per heavy atom. The Balaban J connectivity index is 2.23. The maximum absolute atomic E-state index is 5.12. The third kappa shape index (κ3) is 2.77. The largest absolute Gasteiger partial charge is 0.481 e. The van der Waals surface area contributed by atoms with Gasteiger partial charge in [0, 0.05) is 18.3 Å². The van der Waals surface area contributed by atoms with Crippen LogP contribution in [0.5, 0.6) is 5.88 Å². The molecule has 0 unspecified atom stereocenters. The molecule has 2 aromatic rings. The number of H-pyrrole nitrogens is 1. The summed E-state index contributed by atoms with van der Waals surface area (Å²) in [6.45, 7) is 4.92. The highest BCUT2D eigenvalue weighted by atomic mass is 16.5. The van der Waals surface area contributed by atoms with Crippen LogP contribution in [-0.4, -0.2) is 33.1 Å². The number of ether oxygens (including phenoxy) is 1. The van der Waals surface area contributed by atoms with E-state index in [0.717, 1.165) is 11.5 Å². The van der Waals surface area contributed by atoms with Gasteiger partial charge in [-0.05, 0) is 13.8 Å². The number of anilines is 1. The summed E-state index contributed by atoms with van der Waals surface area (Å²) in [7, 11) is 1.60. The van der Waals surface area contributed by atoms with Crippen molar-refractivity contribution in [2.24, 2.45) is 0 Å². The second-order valence-electron chi connectivity index (χ2n) is 4.20. The Morgan fingerprint density at radius 3 is 2.78 bits per heavy atom. The smallest absolute Gasteiger partial charge is 0.218 e. The zero-order valence-corrected chi connectivity index (χ0v) is 10.8. The fraction of sp³-hybridized carbons (Fsp3) is 0.417. The molecule has 0 saturated heterocycles. The first-order valence-corrected chi connectivity index (χ1v) is 5.81. The van der Waals surface area contributed by atoms with Crippen LogP contribution in [0.15, 0.2) is 24.9 Å². The standard InChI is InChI=1S/C12H17N5O/c1-9(2)17(6-10-5-13-7-14-10)11-4-12(18-3)16-8-15-11/h4-5,7-9H,6H2,1-3H3,(H,13,14). The second kappa shape index (κ2) is 5.48. The SMILES string of the molecule is COc1cc(N(Cc2c[nH]cn2)C(C)C)ncn1. The molecule has 0 aliphatic rings. The summed E-state index contributed by atoms with van der Waals surface area (Å²) in [4.78, 5) is 17.6. The van der Waals surface area contributed by atoms with Gasteiger partial charge >= 0.3 is 0 Å². The molecule has 0 aromatic carbocycles. The van der Waals surface area contributed by atoms with Crippen molar-refractivity contribution in [2.75, 3.05) is 12.0 Å². The fourth-order valence-electron chi connectivity index (χ4n) is 1.68. The van der Waals surface area contributed by atoms with Crippen LogP contribution in [0.25, 0.3) is 0 Å². The first-order valence-electron chi connectivity index (χ1n) is 5.81. The van der Waals surface area contributed by atoms with Crippen LogP contribution in [0.4, 0.5) is 5.82 Å². The Labute approximate surface area is 106 Å². The van der Waals surface area contributed by atoms with Crippen molar-refractivity contribution in [3.8, 4) is 5.88 Å². The fourth-order valence-corrected chi connectivity index (χ4v) is 1.68. The number of imidazole rings is 1. The summed E-state index contributed by atoms with van der Waals surface area (Å²) >= 11 is 0. The normalized spacial score (nSPS) is 10.7. The number of nitrogens with zero attached hydrogens (tertiary/aromatic N) is 4. The lowest BCUT2D eigenvalue weighted by atomic mass is 10.3. The van der Waals surface area contributed by atoms with Crippen LogP contribution < -0.4 is 9.64 Å². The molecule has 18 heavy (non-hydrogen) atoms. The summed E-state index contributed by atoms with van der Waals surface area (Å²) in [5.74, 6) is 1.40. The van der Waals surface area contributed by atoms with Gasteiger partial charge in [0.2, 0.25) is 5.88 Å². The van der Waals surface area contributed by atoms with Crippen molar-refractivity contribution in [1.82, 2.24) is 19.9 Å². The molecule has 0 fully saturated rings. The monoisotopic (exact) mass is 247 g/mol. The van der Waals surface area contributed by atoms with Crippen molar-refractivity contribution in [3.05, 3.63) is 30.6 Å². The maximum Gasteiger partial charge on any atom is 0.218 e. The predicted octanol–water partition coefficient (Wildman–Crippen LogP) is 1.62. The quantitative estimate of drug-likeness (QED) is 0.869. The van der Waals surface area contributed by atoms with Crippen LogP contribution in [0.1, 0.15) is 19.5 Å². The minimum absolute atomic E-state index is 0.307. The number of rotatable bonds is 5. The zero-order chi connectivity index (χ0) is 13.0. The van der Waals surface area contributed by atoms with Crippen LogP contribution >= 0.6 is 0 Å². The summed E-state index contributed by atoms with van der Waals surface area (Å²) in [6, 6.07) is 2.13. The van der Waals surface area contributed by atoms with Crippen LogP contribution in [-0.2, 0) is 6.54 Å². The van der Waals surface area contributed by atoms with Gasteiger partial charge in [0.1, 0.15) is 12.1 Å². The number of aromatic amines is 1. The molecule has 0 amide bonds. The molecule has 6 heteroatoms. The minimum atomic E-state index is 0.307. The number of hydrogen-bond donors (Lipinski definition) is 1. The molecule has 6 nitrogen and oxygen atoms in total. The summed E-state index contributed by atoms with van der Waals surface area (Å²) in [5, 5.41) is 0. The van der Waals surface area contributed by atoms with Crippen molar-refractivity contribution in [3.63, 3.8) is 0 Å². The Bertz CT molecular complexity index is 483. The molecular formula is C12H17N5O. The van der Waals surface area contributed by atoms with Crippen LogP contribution in [0.3, 0.4) is 0 Å². The average Bonchev–Trinajstić information content (AvgIpc) is 2.88. The molecule has 2 heterocycles. The molecular weight excluding hydrogens is 230 g/mol. The first-order chi connectivity index (χ1) is 8.70. The van der Waals surface area contributed by atoms with E-state index in [0.29, 0.717) is 18.5 Å². The summed E-state index contributed by atoms with van der Waals surface area (Å²) in [5.41, 5.74) is 0.973. The molecule has 2 rings (SSSR count). The number of methoxy groups -OCH3 is 1. The zero-order valence-electron chi connectivity index (χ0n) is 10.8. The van der Waals surface area contributed by atoms with E-state index in [1.54, 1.807) is 13.4 Å². The Morgan fingerprint density at radius 2 is 2.17 bits per heavy atom. The van der Waals surface area contributed by atoms with Crippen LogP contribution in [0.2, 0.25) is 0 Å². The van der Waals surface area contributed by atoms with Crippen LogP contribution in [0, 0.1) is 0 Å². The van der Waals surface area contributed by atoms with E-state index in [1.165, 1.54) is 6.33 Å². The van der Waals surface area contributed by atoms with Gasteiger partial charge in [0.25, 0.3) is 0 Å². The molecule has 0 aliphatic heterocycles. The highest BCUT2D eigenvalue weighted by Crippen LogP contribution is 2.19. The van der Waals surface area contributed by atoms with E-state index >= 15 is 0 Å². The van der Waals surface area contributed by atoms with Gasteiger partial charge in [-0.25, -0.2) is 15.0 Å². The van der Waals surface area contributed by atoms with Crippen molar-refractivity contribution < 1.29 is 4.74 Å². The number of nitrogens with one attached hydrogen (secondary N) is 1. The van der Waals surface area contributed by atoms with Gasteiger partial charge in [-0.1, -0.05) is 0 Å². The van der Waals surface area contributed by atoms with Crippen molar-refractivity contribution in [2.45, 2.75) is 26.4 Å². The molecule has 96 valence electrons. The molecule has 0 atom stereocenters. The Kier molecular flexibility index (Phi) is 3.76. The lowest BCUT2D eigenvalue weighted by Crippen LogP contribution is -2.31. The van der Waals surface area contributed by atoms with Gasteiger partial charge in [-0.2, -0.15) is 0 Å². The van der Waals surface area contributed by atoms with E-state index in [4.69, 9.17) is 4.74 Å². The molecule has 0 saturated carbocycles. The topological polar surface area (TPSA) is 66.9 Å². The molecule has 0 spiro atoms. The van der Waals surface area contributed by atoms with Gasteiger partial charge in [0.15, 0.2) is 0 Å². The predicted molar refractivity (Wildman–Crippen MR) is 68.5 cm³/mol. The van der Waals surface area contributed by atoms with E-state index in [1.807, 2.05) is 12.3 Å².